The van der Waals surface area contributed by atoms with E-state index in [2.05, 4.69) is 4.98 Å². The van der Waals surface area contributed by atoms with Crippen LogP contribution in [0.25, 0.3) is 0 Å². The van der Waals surface area contributed by atoms with Gasteiger partial charge in [0, 0.05) is 6.20 Å². The molecule has 2 aliphatic rings. The number of fused-ring (bicyclic) bond motifs is 3. The normalized spacial score (nSPS) is 33.5. The minimum atomic E-state index is -0.883. The zero-order valence-electron chi connectivity index (χ0n) is 8.68. The minimum Gasteiger partial charge on any atom is -0.454 e. The first kappa shape index (κ1) is 12.3. The lowest BCUT2D eigenvalue weighted by Crippen LogP contribution is -2.34. The molecule has 1 aromatic heterocycles. The fourth-order valence-corrected chi connectivity index (χ4v) is 2.04. The Kier molecular flexibility index (Phi) is 3.09. The maximum Gasteiger partial charge on any atom is 0.301 e. The van der Waals surface area contributed by atoms with Crippen molar-refractivity contribution in [3.8, 4) is 6.01 Å². The number of aliphatic hydroxyl groups is 2. The van der Waals surface area contributed by atoms with Crippen molar-refractivity contribution in [1.29, 1.82) is 5.41 Å². The molecule has 1 aromatic rings. The van der Waals surface area contributed by atoms with Crippen LogP contribution in [-0.2, 0) is 4.74 Å². The van der Waals surface area contributed by atoms with Gasteiger partial charge in [-0.2, -0.15) is 4.98 Å². The summed E-state index contributed by atoms with van der Waals surface area (Å²) in [6, 6.07) is 1.77. The average Bonchev–Trinajstić information content (AvgIpc) is 2.75. The predicted octanol–water partition coefficient (Wildman–Crippen LogP) is -1.20. The van der Waals surface area contributed by atoms with Gasteiger partial charge in [-0.05, 0) is 6.07 Å². The third kappa shape index (κ3) is 1.71. The molecule has 0 aliphatic carbocycles. The van der Waals surface area contributed by atoms with Crippen LogP contribution in [-0.4, -0.2) is 44.7 Å². The first-order valence-electron chi connectivity index (χ1n) is 4.95. The molecule has 8 heteroatoms. The molecule has 1 saturated heterocycles. The fraction of sp³-hybridized carbons (Fsp3) is 0.556. The lowest BCUT2D eigenvalue weighted by atomic mass is 10.1. The number of hydrogen-bond acceptors (Lipinski definition) is 6. The van der Waals surface area contributed by atoms with E-state index >= 15 is 0 Å². The standard InChI is InChI=1S/C9H11N3O4.ClH/c10-5-1-2-12-8-7(16-9(12)11-5)6(14)4(3-13)15-8;/h1-2,4,6-8,10,13-14H,3H2;1H/t4?,6-,7?,8?;/m1./s1. The minimum absolute atomic E-state index is 0. The molecule has 0 radical (unpaired) electrons. The molecule has 2 aliphatic heterocycles. The number of aromatic nitrogens is 2. The Morgan fingerprint density at radius 1 is 1.53 bits per heavy atom. The molecular weight excluding hydrogens is 250 g/mol. The smallest absolute Gasteiger partial charge is 0.301 e. The van der Waals surface area contributed by atoms with Crippen LogP contribution in [0.1, 0.15) is 6.23 Å². The topological polar surface area (TPSA) is 101 Å². The molecule has 17 heavy (non-hydrogen) atoms. The van der Waals surface area contributed by atoms with Gasteiger partial charge in [-0.3, -0.25) is 9.98 Å². The maximum atomic E-state index is 9.80. The van der Waals surface area contributed by atoms with Crippen LogP contribution in [0.2, 0.25) is 0 Å². The summed E-state index contributed by atoms with van der Waals surface area (Å²) in [4.78, 5) is 3.88. The first-order chi connectivity index (χ1) is 7.70. The Labute approximate surface area is 103 Å². The first-order valence-corrected chi connectivity index (χ1v) is 4.95. The van der Waals surface area contributed by atoms with Gasteiger partial charge in [0.1, 0.15) is 12.2 Å². The Morgan fingerprint density at radius 2 is 2.29 bits per heavy atom. The summed E-state index contributed by atoms with van der Waals surface area (Å²) in [6.07, 6.45) is -0.930. The lowest BCUT2D eigenvalue weighted by Gasteiger charge is -2.14. The quantitative estimate of drug-likeness (QED) is 0.589. The Balaban J connectivity index is 0.00000108. The Hall–Kier alpha value is -1.15. The number of hydrogen-bond donors (Lipinski definition) is 3. The van der Waals surface area contributed by atoms with Crippen LogP contribution in [0.4, 0.5) is 0 Å². The molecule has 3 heterocycles. The van der Waals surface area contributed by atoms with Crippen molar-refractivity contribution in [1.82, 2.24) is 9.55 Å². The largest absolute Gasteiger partial charge is 0.454 e. The van der Waals surface area contributed by atoms with Crippen molar-refractivity contribution in [3.63, 3.8) is 0 Å². The van der Waals surface area contributed by atoms with Crippen LogP contribution in [0.15, 0.2) is 12.3 Å². The maximum absolute atomic E-state index is 9.80. The Morgan fingerprint density at radius 3 is 3.00 bits per heavy atom. The van der Waals surface area contributed by atoms with E-state index in [0.29, 0.717) is 0 Å². The molecule has 3 N–H and O–H groups in total. The SMILES string of the molecule is Cl.N=c1ccn2c(n1)OC1C2OC(CO)[C@H]1O. The van der Waals surface area contributed by atoms with Gasteiger partial charge in [-0.1, -0.05) is 0 Å². The van der Waals surface area contributed by atoms with E-state index in [1.165, 1.54) is 6.07 Å². The highest BCUT2D eigenvalue weighted by molar-refractivity contribution is 5.85. The number of rotatable bonds is 1. The van der Waals surface area contributed by atoms with E-state index in [9.17, 15) is 5.11 Å². The molecule has 0 aromatic carbocycles. The summed E-state index contributed by atoms with van der Waals surface area (Å²) in [6.45, 7) is -0.253. The number of nitrogens with one attached hydrogen (secondary N) is 1. The number of halogens is 1. The highest BCUT2D eigenvalue weighted by Gasteiger charge is 2.50. The summed E-state index contributed by atoms with van der Waals surface area (Å²) < 4.78 is 12.5. The van der Waals surface area contributed by atoms with E-state index in [-0.39, 0.29) is 30.5 Å². The van der Waals surface area contributed by atoms with Gasteiger partial charge >= 0.3 is 6.01 Å². The highest BCUT2D eigenvalue weighted by atomic mass is 35.5. The van der Waals surface area contributed by atoms with Crippen LogP contribution in [0, 0.1) is 5.41 Å². The molecule has 7 nitrogen and oxygen atoms in total. The molecule has 0 spiro atoms. The van der Waals surface area contributed by atoms with E-state index in [1.54, 1.807) is 10.8 Å². The summed E-state index contributed by atoms with van der Waals surface area (Å²) in [5.74, 6) is 0. The monoisotopic (exact) mass is 261 g/mol. The third-order valence-corrected chi connectivity index (χ3v) is 2.84. The summed E-state index contributed by atoms with van der Waals surface area (Å²) in [7, 11) is 0. The summed E-state index contributed by atoms with van der Waals surface area (Å²) in [5.41, 5.74) is 0.0967. The van der Waals surface area contributed by atoms with E-state index in [0.717, 1.165) is 0 Å². The van der Waals surface area contributed by atoms with Gasteiger partial charge in [0.05, 0.1) is 6.61 Å². The molecule has 4 atom stereocenters. The van der Waals surface area contributed by atoms with Gasteiger partial charge in [-0.25, -0.2) is 0 Å². The second-order valence-electron chi connectivity index (χ2n) is 3.82. The van der Waals surface area contributed by atoms with Crippen LogP contribution in [0.3, 0.4) is 0 Å². The zero-order chi connectivity index (χ0) is 11.3. The molecule has 94 valence electrons. The summed E-state index contributed by atoms with van der Waals surface area (Å²) in [5, 5.41) is 26.1. The molecule has 3 unspecified atom stereocenters. The zero-order valence-corrected chi connectivity index (χ0v) is 9.50. The van der Waals surface area contributed by atoms with Gasteiger partial charge in [0.25, 0.3) is 0 Å². The fourth-order valence-electron chi connectivity index (χ4n) is 2.04. The van der Waals surface area contributed by atoms with E-state index < -0.39 is 24.5 Å². The highest BCUT2D eigenvalue weighted by Crippen LogP contribution is 2.38. The molecule has 0 bridgehead atoms. The van der Waals surface area contributed by atoms with Gasteiger partial charge in [0.2, 0.25) is 0 Å². The molecule has 1 fully saturated rings. The second-order valence-corrected chi connectivity index (χ2v) is 3.82. The van der Waals surface area contributed by atoms with Gasteiger partial charge in [0.15, 0.2) is 17.8 Å². The number of aliphatic hydroxyl groups excluding tert-OH is 2. The van der Waals surface area contributed by atoms with Gasteiger partial charge in [-0.15, -0.1) is 12.4 Å². The molecule has 0 saturated carbocycles. The van der Waals surface area contributed by atoms with Crippen molar-refractivity contribution in [2.45, 2.75) is 24.5 Å². The molecule has 0 amide bonds. The lowest BCUT2D eigenvalue weighted by molar-refractivity contribution is -0.0434. The molecular formula is C9H12ClN3O4. The average molecular weight is 262 g/mol. The van der Waals surface area contributed by atoms with E-state index in [4.69, 9.17) is 20.0 Å². The van der Waals surface area contributed by atoms with Crippen molar-refractivity contribution >= 4 is 12.4 Å². The molecule has 3 rings (SSSR count). The predicted molar refractivity (Wildman–Crippen MR) is 56.7 cm³/mol. The van der Waals surface area contributed by atoms with Crippen LogP contribution in [0.5, 0.6) is 6.01 Å². The van der Waals surface area contributed by atoms with Crippen LogP contribution >= 0.6 is 12.4 Å². The second kappa shape index (κ2) is 4.26. The summed E-state index contributed by atoms with van der Waals surface area (Å²) >= 11 is 0. The van der Waals surface area contributed by atoms with E-state index in [1.807, 2.05) is 0 Å². The van der Waals surface area contributed by atoms with Crippen molar-refractivity contribution in [2.24, 2.45) is 0 Å². The van der Waals surface area contributed by atoms with Crippen LogP contribution < -0.4 is 10.2 Å². The van der Waals surface area contributed by atoms with Crippen molar-refractivity contribution in [3.05, 3.63) is 17.8 Å². The Bertz CT molecular complexity index is 480. The van der Waals surface area contributed by atoms with Crippen molar-refractivity contribution < 1.29 is 19.7 Å². The number of nitrogens with zero attached hydrogens (tertiary/aromatic N) is 2. The van der Waals surface area contributed by atoms with Gasteiger partial charge < -0.3 is 19.7 Å². The van der Waals surface area contributed by atoms with Crippen molar-refractivity contribution in [2.75, 3.05) is 6.61 Å². The number of ether oxygens (including phenoxy) is 2. The third-order valence-electron chi connectivity index (χ3n) is 2.84.